The van der Waals surface area contributed by atoms with Crippen molar-refractivity contribution in [3.63, 3.8) is 0 Å². The van der Waals surface area contributed by atoms with Crippen LogP contribution in [0.15, 0.2) is 18.2 Å². The number of benzene rings is 1. The summed E-state index contributed by atoms with van der Waals surface area (Å²) in [6, 6.07) is 3.77. The molecule has 0 aliphatic heterocycles. The maximum atomic E-state index is 12.2. The van der Waals surface area contributed by atoms with E-state index in [1.165, 1.54) is 13.0 Å². The number of carboxylic acids is 1. The number of aliphatic carboxylic acids is 1. The van der Waals surface area contributed by atoms with Crippen molar-refractivity contribution in [2.24, 2.45) is 5.41 Å². The van der Waals surface area contributed by atoms with Crippen LogP contribution in [0, 0.1) is 5.41 Å². The SMILES string of the molecule is CCC(CC)(CNC(=O)C(C)NC(=O)c1cccc(Cl)c1Cl)C(=O)O. The number of carbonyl (C=O) groups is 3. The van der Waals surface area contributed by atoms with Crippen LogP contribution >= 0.6 is 23.2 Å². The lowest BCUT2D eigenvalue weighted by molar-refractivity contribution is -0.149. The van der Waals surface area contributed by atoms with Gasteiger partial charge in [0.1, 0.15) is 6.04 Å². The minimum Gasteiger partial charge on any atom is -0.481 e. The average molecular weight is 389 g/mol. The van der Waals surface area contributed by atoms with Crippen molar-refractivity contribution < 1.29 is 19.5 Å². The summed E-state index contributed by atoms with van der Waals surface area (Å²) in [7, 11) is 0. The van der Waals surface area contributed by atoms with Crippen LogP contribution < -0.4 is 10.6 Å². The maximum absolute atomic E-state index is 12.2. The van der Waals surface area contributed by atoms with Gasteiger partial charge in [-0.2, -0.15) is 0 Å². The zero-order valence-corrected chi connectivity index (χ0v) is 15.9. The number of nitrogens with one attached hydrogen (secondary N) is 2. The quantitative estimate of drug-likeness (QED) is 0.637. The molecule has 2 amide bonds. The molecule has 0 saturated carbocycles. The molecule has 1 aromatic carbocycles. The van der Waals surface area contributed by atoms with Crippen LogP contribution in [0.25, 0.3) is 0 Å². The molecule has 0 aromatic heterocycles. The average Bonchev–Trinajstić information content (AvgIpc) is 2.57. The Morgan fingerprint density at radius 1 is 1.20 bits per heavy atom. The van der Waals surface area contributed by atoms with Gasteiger partial charge in [-0.3, -0.25) is 14.4 Å². The van der Waals surface area contributed by atoms with E-state index in [2.05, 4.69) is 10.6 Å². The van der Waals surface area contributed by atoms with E-state index in [9.17, 15) is 19.5 Å². The van der Waals surface area contributed by atoms with Crippen LogP contribution in [0.3, 0.4) is 0 Å². The molecule has 1 atom stereocenters. The van der Waals surface area contributed by atoms with Crippen molar-refractivity contribution in [1.82, 2.24) is 10.6 Å². The van der Waals surface area contributed by atoms with E-state index < -0.39 is 29.2 Å². The van der Waals surface area contributed by atoms with Gasteiger partial charge < -0.3 is 15.7 Å². The largest absolute Gasteiger partial charge is 0.481 e. The van der Waals surface area contributed by atoms with Gasteiger partial charge in [0, 0.05) is 6.54 Å². The molecule has 0 fully saturated rings. The number of hydrogen-bond acceptors (Lipinski definition) is 3. The van der Waals surface area contributed by atoms with Crippen LogP contribution in [0.5, 0.6) is 0 Å². The lowest BCUT2D eigenvalue weighted by atomic mass is 9.82. The third-order valence-electron chi connectivity index (χ3n) is 4.35. The molecule has 0 aliphatic carbocycles. The summed E-state index contributed by atoms with van der Waals surface area (Å²) >= 11 is 11.9. The molecule has 1 rings (SSSR count). The normalized spacial score (nSPS) is 12.4. The first kappa shape index (κ1) is 21.3. The molecule has 6 nitrogen and oxygen atoms in total. The van der Waals surface area contributed by atoms with Crippen LogP contribution in [0.1, 0.15) is 44.0 Å². The predicted octanol–water partition coefficient (Wildman–Crippen LogP) is 3.12. The predicted molar refractivity (Wildman–Crippen MR) is 97.1 cm³/mol. The Hall–Kier alpha value is -1.79. The highest BCUT2D eigenvalue weighted by Crippen LogP contribution is 2.26. The van der Waals surface area contributed by atoms with Crippen molar-refractivity contribution in [2.75, 3.05) is 6.54 Å². The highest BCUT2D eigenvalue weighted by Gasteiger charge is 2.35. The monoisotopic (exact) mass is 388 g/mol. The summed E-state index contributed by atoms with van der Waals surface area (Å²) in [5, 5.41) is 14.8. The molecular weight excluding hydrogens is 367 g/mol. The molecule has 1 unspecified atom stereocenters. The third-order valence-corrected chi connectivity index (χ3v) is 5.16. The molecule has 0 spiro atoms. The molecule has 138 valence electrons. The van der Waals surface area contributed by atoms with Gasteiger partial charge in [-0.05, 0) is 31.9 Å². The number of carbonyl (C=O) groups excluding carboxylic acids is 2. The topological polar surface area (TPSA) is 95.5 Å². The molecule has 0 saturated heterocycles. The van der Waals surface area contributed by atoms with Gasteiger partial charge in [-0.25, -0.2) is 0 Å². The highest BCUT2D eigenvalue weighted by molar-refractivity contribution is 6.43. The Morgan fingerprint density at radius 2 is 1.80 bits per heavy atom. The lowest BCUT2D eigenvalue weighted by Crippen LogP contribution is -2.49. The van der Waals surface area contributed by atoms with Crippen molar-refractivity contribution in [3.05, 3.63) is 33.8 Å². The lowest BCUT2D eigenvalue weighted by Gasteiger charge is -2.27. The molecule has 25 heavy (non-hydrogen) atoms. The molecule has 0 radical (unpaired) electrons. The van der Waals surface area contributed by atoms with E-state index in [1.807, 2.05) is 0 Å². The molecule has 3 N–H and O–H groups in total. The van der Waals surface area contributed by atoms with E-state index >= 15 is 0 Å². The maximum Gasteiger partial charge on any atom is 0.311 e. The van der Waals surface area contributed by atoms with Crippen LogP contribution in [0.2, 0.25) is 10.0 Å². The first-order valence-electron chi connectivity index (χ1n) is 7.94. The van der Waals surface area contributed by atoms with Gasteiger partial charge in [0.05, 0.1) is 21.0 Å². The first-order valence-corrected chi connectivity index (χ1v) is 8.70. The Labute approximate surface area is 156 Å². The highest BCUT2D eigenvalue weighted by atomic mass is 35.5. The molecule has 0 bridgehead atoms. The van der Waals surface area contributed by atoms with Crippen LogP contribution in [0.4, 0.5) is 0 Å². The Balaban J connectivity index is 2.72. The van der Waals surface area contributed by atoms with Gasteiger partial charge in [-0.1, -0.05) is 43.1 Å². The summed E-state index contributed by atoms with van der Waals surface area (Å²) in [5.74, 6) is -1.97. The third kappa shape index (κ3) is 5.09. The van der Waals surface area contributed by atoms with Crippen molar-refractivity contribution >= 4 is 41.0 Å². The summed E-state index contributed by atoms with van der Waals surface area (Å²) in [6.07, 6.45) is 0.774. The van der Waals surface area contributed by atoms with E-state index in [-0.39, 0.29) is 22.2 Å². The van der Waals surface area contributed by atoms with E-state index in [4.69, 9.17) is 23.2 Å². The molecular formula is C17H22Cl2N2O4. The van der Waals surface area contributed by atoms with Crippen molar-refractivity contribution in [1.29, 1.82) is 0 Å². The van der Waals surface area contributed by atoms with Crippen LogP contribution in [-0.2, 0) is 9.59 Å². The zero-order chi connectivity index (χ0) is 19.2. The Kier molecular flexibility index (Phi) is 7.70. The Bertz CT molecular complexity index is 660. The standard InChI is InChI=1S/C17H22Cl2N2O4/c1-4-17(5-2,16(24)25)9-20-14(22)10(3)21-15(23)11-7-6-8-12(18)13(11)19/h6-8,10H,4-5,9H2,1-3H3,(H,20,22)(H,21,23)(H,24,25). The zero-order valence-electron chi connectivity index (χ0n) is 14.4. The van der Waals surface area contributed by atoms with Gasteiger partial charge in [0.15, 0.2) is 0 Å². The van der Waals surface area contributed by atoms with Crippen LogP contribution in [-0.4, -0.2) is 35.5 Å². The van der Waals surface area contributed by atoms with Gasteiger partial charge in [-0.15, -0.1) is 0 Å². The fourth-order valence-electron chi connectivity index (χ4n) is 2.31. The number of rotatable bonds is 8. The smallest absolute Gasteiger partial charge is 0.311 e. The Morgan fingerprint density at radius 3 is 2.32 bits per heavy atom. The molecule has 0 heterocycles. The van der Waals surface area contributed by atoms with Gasteiger partial charge >= 0.3 is 5.97 Å². The summed E-state index contributed by atoms with van der Waals surface area (Å²) in [4.78, 5) is 35.9. The first-order chi connectivity index (χ1) is 11.7. The summed E-state index contributed by atoms with van der Waals surface area (Å²) in [6.45, 7) is 5.02. The second-order valence-corrected chi connectivity index (χ2v) is 6.59. The minimum absolute atomic E-state index is 0.00764. The number of carboxylic acid groups (broad SMARTS) is 1. The fourth-order valence-corrected chi connectivity index (χ4v) is 2.69. The molecule has 8 heteroatoms. The summed E-state index contributed by atoms with van der Waals surface area (Å²) in [5.41, 5.74) is -0.855. The van der Waals surface area contributed by atoms with E-state index in [0.29, 0.717) is 12.8 Å². The van der Waals surface area contributed by atoms with E-state index in [1.54, 1.807) is 26.0 Å². The number of halogens is 2. The molecule has 1 aromatic rings. The van der Waals surface area contributed by atoms with Crippen molar-refractivity contribution in [2.45, 2.75) is 39.7 Å². The second kappa shape index (κ2) is 9.06. The van der Waals surface area contributed by atoms with E-state index in [0.717, 1.165) is 0 Å². The summed E-state index contributed by atoms with van der Waals surface area (Å²) < 4.78 is 0. The number of hydrogen-bond donors (Lipinski definition) is 3. The molecule has 0 aliphatic rings. The number of amides is 2. The van der Waals surface area contributed by atoms with Gasteiger partial charge in [0.2, 0.25) is 5.91 Å². The second-order valence-electron chi connectivity index (χ2n) is 5.81. The minimum atomic E-state index is -1.02. The van der Waals surface area contributed by atoms with Gasteiger partial charge in [0.25, 0.3) is 5.91 Å². The fraction of sp³-hybridized carbons (Fsp3) is 0.471. The van der Waals surface area contributed by atoms with Crippen molar-refractivity contribution in [3.8, 4) is 0 Å².